The highest BCUT2D eigenvalue weighted by Gasteiger charge is 2.37. The van der Waals surface area contributed by atoms with E-state index in [1.165, 1.54) is 24.3 Å². The molecule has 0 aliphatic rings. The SMILES string of the molecule is Oc1ccc(Oc2cc(C(F)(F)F)cc(C(F)(F)F)c2)cc1. The Bertz CT molecular complexity index is 626. The first kappa shape index (κ1) is 16.0. The topological polar surface area (TPSA) is 29.5 Å². The average molecular weight is 322 g/mol. The molecule has 2 nitrogen and oxygen atoms in total. The number of benzene rings is 2. The van der Waals surface area contributed by atoms with E-state index in [4.69, 9.17) is 9.84 Å². The lowest BCUT2D eigenvalue weighted by Crippen LogP contribution is -2.11. The van der Waals surface area contributed by atoms with Crippen molar-refractivity contribution in [3.63, 3.8) is 0 Å². The van der Waals surface area contributed by atoms with E-state index in [-0.39, 0.29) is 17.6 Å². The van der Waals surface area contributed by atoms with Gasteiger partial charge >= 0.3 is 12.4 Å². The van der Waals surface area contributed by atoms with Crippen molar-refractivity contribution in [2.24, 2.45) is 0 Å². The molecule has 1 N–H and O–H groups in total. The van der Waals surface area contributed by atoms with Gasteiger partial charge in [0.15, 0.2) is 0 Å². The Morgan fingerprint density at radius 2 is 1.14 bits per heavy atom. The van der Waals surface area contributed by atoms with Crippen LogP contribution in [0, 0.1) is 0 Å². The summed E-state index contributed by atoms with van der Waals surface area (Å²) in [5, 5.41) is 9.07. The van der Waals surface area contributed by atoms with Crippen molar-refractivity contribution in [2.45, 2.75) is 12.4 Å². The van der Waals surface area contributed by atoms with Crippen molar-refractivity contribution in [3.05, 3.63) is 53.6 Å². The highest BCUT2D eigenvalue weighted by molar-refractivity contribution is 5.41. The number of rotatable bonds is 2. The van der Waals surface area contributed by atoms with E-state index in [0.29, 0.717) is 12.1 Å². The van der Waals surface area contributed by atoms with E-state index in [9.17, 15) is 26.3 Å². The molecule has 0 aliphatic carbocycles. The Morgan fingerprint density at radius 3 is 1.55 bits per heavy atom. The van der Waals surface area contributed by atoms with Gasteiger partial charge in [0.1, 0.15) is 17.2 Å². The Kier molecular flexibility index (Phi) is 3.95. The molecule has 2 rings (SSSR count). The van der Waals surface area contributed by atoms with E-state index in [0.717, 1.165) is 0 Å². The zero-order chi connectivity index (χ0) is 16.5. The molecular formula is C14H8F6O2. The molecule has 0 fully saturated rings. The van der Waals surface area contributed by atoms with Crippen molar-refractivity contribution >= 4 is 0 Å². The van der Waals surface area contributed by atoms with Crippen LogP contribution in [0.1, 0.15) is 11.1 Å². The third-order valence-corrected chi connectivity index (χ3v) is 2.63. The molecule has 0 bridgehead atoms. The van der Waals surface area contributed by atoms with Gasteiger partial charge in [0.2, 0.25) is 0 Å². The molecule has 0 heterocycles. The molecule has 118 valence electrons. The average Bonchev–Trinajstić information content (AvgIpc) is 2.39. The van der Waals surface area contributed by atoms with Gasteiger partial charge in [-0.05, 0) is 42.5 Å². The summed E-state index contributed by atoms with van der Waals surface area (Å²) in [6.45, 7) is 0. The number of hydrogen-bond acceptors (Lipinski definition) is 2. The lowest BCUT2D eigenvalue weighted by Gasteiger charge is -2.14. The van der Waals surface area contributed by atoms with E-state index >= 15 is 0 Å². The standard InChI is InChI=1S/C14H8F6O2/c15-13(16,17)8-5-9(14(18,19)20)7-12(6-8)22-11-3-1-10(21)2-4-11/h1-7,21H. The summed E-state index contributed by atoms with van der Waals surface area (Å²) >= 11 is 0. The zero-order valence-electron chi connectivity index (χ0n) is 10.7. The minimum atomic E-state index is -4.94. The van der Waals surface area contributed by atoms with Gasteiger partial charge in [-0.2, -0.15) is 26.3 Å². The zero-order valence-corrected chi connectivity index (χ0v) is 10.7. The van der Waals surface area contributed by atoms with Gasteiger partial charge in [-0.3, -0.25) is 0 Å². The predicted molar refractivity (Wildman–Crippen MR) is 64.6 cm³/mol. The maximum atomic E-state index is 12.7. The molecule has 0 aliphatic heterocycles. The van der Waals surface area contributed by atoms with Crippen LogP contribution in [0.5, 0.6) is 17.2 Å². The Balaban J connectivity index is 2.44. The molecular weight excluding hydrogens is 314 g/mol. The van der Waals surface area contributed by atoms with Crippen LogP contribution >= 0.6 is 0 Å². The van der Waals surface area contributed by atoms with Crippen LogP contribution in [0.25, 0.3) is 0 Å². The summed E-state index contributed by atoms with van der Waals surface area (Å²) in [5.41, 5.74) is -2.92. The molecule has 0 saturated carbocycles. The lowest BCUT2D eigenvalue weighted by molar-refractivity contribution is -0.143. The number of aromatic hydroxyl groups is 1. The minimum Gasteiger partial charge on any atom is -0.508 e. The van der Waals surface area contributed by atoms with E-state index in [1.807, 2.05) is 0 Å². The molecule has 2 aromatic carbocycles. The van der Waals surface area contributed by atoms with Crippen LogP contribution in [-0.2, 0) is 12.4 Å². The van der Waals surface area contributed by atoms with Gasteiger partial charge in [-0.15, -0.1) is 0 Å². The highest BCUT2D eigenvalue weighted by atomic mass is 19.4. The lowest BCUT2D eigenvalue weighted by atomic mass is 10.1. The van der Waals surface area contributed by atoms with Gasteiger partial charge in [-0.25, -0.2) is 0 Å². The fourth-order valence-corrected chi connectivity index (χ4v) is 1.64. The third-order valence-electron chi connectivity index (χ3n) is 2.63. The summed E-state index contributed by atoms with van der Waals surface area (Å²) in [5.74, 6) is -0.731. The summed E-state index contributed by atoms with van der Waals surface area (Å²) in [4.78, 5) is 0. The van der Waals surface area contributed by atoms with Crippen LogP contribution in [0.2, 0.25) is 0 Å². The third kappa shape index (κ3) is 3.84. The molecule has 0 saturated heterocycles. The van der Waals surface area contributed by atoms with Crippen molar-refractivity contribution in [1.82, 2.24) is 0 Å². The van der Waals surface area contributed by atoms with Gasteiger partial charge in [0, 0.05) is 0 Å². The normalized spacial score (nSPS) is 12.3. The van der Waals surface area contributed by atoms with Gasteiger partial charge in [0.25, 0.3) is 0 Å². The van der Waals surface area contributed by atoms with E-state index in [2.05, 4.69) is 0 Å². The van der Waals surface area contributed by atoms with Crippen LogP contribution in [0.15, 0.2) is 42.5 Å². The second kappa shape index (κ2) is 5.43. The summed E-state index contributed by atoms with van der Waals surface area (Å²) in [6.07, 6.45) is -9.87. The molecule has 22 heavy (non-hydrogen) atoms. The first-order chi connectivity index (χ1) is 10.1. The maximum Gasteiger partial charge on any atom is 0.416 e. The number of halogens is 6. The Morgan fingerprint density at radius 1 is 0.682 bits per heavy atom. The van der Waals surface area contributed by atoms with E-state index in [1.54, 1.807) is 0 Å². The molecule has 2 aromatic rings. The Labute approximate surface area is 120 Å². The molecule has 0 unspecified atom stereocenters. The fourth-order valence-electron chi connectivity index (χ4n) is 1.64. The molecule has 0 atom stereocenters. The molecule has 0 amide bonds. The minimum absolute atomic E-state index is 0.00903. The first-order valence-corrected chi connectivity index (χ1v) is 5.82. The molecule has 0 spiro atoms. The van der Waals surface area contributed by atoms with Crippen molar-refractivity contribution in [2.75, 3.05) is 0 Å². The smallest absolute Gasteiger partial charge is 0.416 e. The van der Waals surface area contributed by atoms with Crippen LogP contribution in [-0.4, -0.2) is 5.11 Å². The number of ether oxygens (including phenoxy) is 1. The molecule has 0 radical (unpaired) electrons. The number of hydrogen-bond donors (Lipinski definition) is 1. The molecule has 0 aromatic heterocycles. The maximum absolute atomic E-state index is 12.7. The quantitative estimate of drug-likeness (QED) is 0.768. The summed E-state index contributed by atoms with van der Waals surface area (Å²) in [6, 6.07) is 5.76. The largest absolute Gasteiger partial charge is 0.508 e. The van der Waals surface area contributed by atoms with Crippen LogP contribution in [0.3, 0.4) is 0 Å². The number of phenolic OH excluding ortho intramolecular Hbond substituents is 1. The summed E-state index contributed by atoms with van der Waals surface area (Å²) < 4.78 is 81.0. The Hall–Kier alpha value is -2.38. The van der Waals surface area contributed by atoms with Crippen LogP contribution in [0.4, 0.5) is 26.3 Å². The van der Waals surface area contributed by atoms with Crippen molar-refractivity contribution < 1.29 is 36.2 Å². The van der Waals surface area contributed by atoms with E-state index < -0.39 is 29.2 Å². The van der Waals surface area contributed by atoms with Gasteiger partial charge < -0.3 is 9.84 Å². The summed E-state index contributed by atoms with van der Waals surface area (Å²) in [7, 11) is 0. The van der Waals surface area contributed by atoms with Gasteiger partial charge in [0.05, 0.1) is 11.1 Å². The molecule has 8 heteroatoms. The highest BCUT2D eigenvalue weighted by Crippen LogP contribution is 2.39. The van der Waals surface area contributed by atoms with Crippen LogP contribution < -0.4 is 4.74 Å². The van der Waals surface area contributed by atoms with Gasteiger partial charge in [-0.1, -0.05) is 0 Å². The number of alkyl halides is 6. The second-order valence-electron chi connectivity index (χ2n) is 4.34. The van der Waals surface area contributed by atoms with Crippen molar-refractivity contribution in [3.8, 4) is 17.2 Å². The monoisotopic (exact) mass is 322 g/mol. The predicted octanol–water partition coefficient (Wildman–Crippen LogP) is 5.22. The second-order valence-corrected chi connectivity index (χ2v) is 4.34. The van der Waals surface area contributed by atoms with Crippen molar-refractivity contribution in [1.29, 1.82) is 0 Å². The fraction of sp³-hybridized carbons (Fsp3) is 0.143. The number of phenols is 1. The first-order valence-electron chi connectivity index (χ1n) is 5.82.